The SMILES string of the molecule is Cc1cc(C#N)nc(N2CC(C)C(N)C2)n1. The van der Waals surface area contributed by atoms with E-state index in [1.54, 1.807) is 6.07 Å². The molecule has 1 fully saturated rings. The Balaban J connectivity index is 2.28. The highest BCUT2D eigenvalue weighted by Gasteiger charge is 2.28. The maximum Gasteiger partial charge on any atom is 0.226 e. The number of aromatic nitrogens is 2. The Bertz CT molecular complexity index is 426. The molecule has 0 radical (unpaired) electrons. The Morgan fingerprint density at radius 2 is 2.25 bits per heavy atom. The molecule has 1 aliphatic rings. The predicted octanol–water partition coefficient (Wildman–Crippen LogP) is 0.440. The third-order valence-electron chi connectivity index (χ3n) is 2.91. The number of rotatable bonds is 1. The molecule has 0 bridgehead atoms. The number of aryl methyl sites for hydroxylation is 1. The summed E-state index contributed by atoms with van der Waals surface area (Å²) >= 11 is 0. The van der Waals surface area contributed by atoms with E-state index < -0.39 is 0 Å². The number of hydrogen-bond acceptors (Lipinski definition) is 5. The lowest BCUT2D eigenvalue weighted by atomic mass is 10.1. The van der Waals surface area contributed by atoms with Crippen molar-refractivity contribution in [1.82, 2.24) is 9.97 Å². The first-order valence-corrected chi connectivity index (χ1v) is 5.36. The summed E-state index contributed by atoms with van der Waals surface area (Å²) in [7, 11) is 0. The highest BCUT2D eigenvalue weighted by atomic mass is 15.3. The summed E-state index contributed by atoms with van der Waals surface area (Å²) in [4.78, 5) is 10.6. The number of nitrogens with two attached hydrogens (primary N) is 1. The Labute approximate surface area is 94.9 Å². The second-order valence-corrected chi connectivity index (χ2v) is 4.35. The van der Waals surface area contributed by atoms with E-state index in [2.05, 4.69) is 16.9 Å². The van der Waals surface area contributed by atoms with Gasteiger partial charge in [0.2, 0.25) is 5.95 Å². The van der Waals surface area contributed by atoms with Gasteiger partial charge in [0.1, 0.15) is 11.8 Å². The van der Waals surface area contributed by atoms with Crippen molar-refractivity contribution in [2.24, 2.45) is 11.7 Å². The molecule has 1 saturated heterocycles. The van der Waals surface area contributed by atoms with Gasteiger partial charge in [-0.2, -0.15) is 5.26 Å². The fourth-order valence-electron chi connectivity index (χ4n) is 1.91. The standard InChI is InChI=1S/C11H15N5/c1-7-5-16(6-10(7)13)11-14-8(2)3-9(4-12)15-11/h3,7,10H,5-6,13H2,1-2H3. The maximum absolute atomic E-state index is 8.85. The van der Waals surface area contributed by atoms with Crippen molar-refractivity contribution in [3.8, 4) is 6.07 Å². The van der Waals surface area contributed by atoms with Crippen LogP contribution in [0.1, 0.15) is 18.3 Å². The van der Waals surface area contributed by atoms with Crippen molar-refractivity contribution >= 4 is 5.95 Å². The van der Waals surface area contributed by atoms with Gasteiger partial charge in [-0.3, -0.25) is 0 Å². The predicted molar refractivity (Wildman–Crippen MR) is 60.8 cm³/mol. The van der Waals surface area contributed by atoms with Crippen LogP contribution < -0.4 is 10.6 Å². The molecule has 0 spiro atoms. The summed E-state index contributed by atoms with van der Waals surface area (Å²) in [5.74, 6) is 1.06. The molecule has 2 atom stereocenters. The molecule has 0 amide bonds. The third-order valence-corrected chi connectivity index (χ3v) is 2.91. The quantitative estimate of drug-likeness (QED) is 0.738. The molecule has 5 heteroatoms. The molecular formula is C11H15N5. The maximum atomic E-state index is 8.85. The summed E-state index contributed by atoms with van der Waals surface area (Å²) in [6.45, 7) is 5.60. The summed E-state index contributed by atoms with van der Waals surface area (Å²) in [6, 6.07) is 3.89. The second-order valence-electron chi connectivity index (χ2n) is 4.35. The van der Waals surface area contributed by atoms with Gasteiger partial charge < -0.3 is 10.6 Å². The van der Waals surface area contributed by atoms with Gasteiger partial charge in [0.25, 0.3) is 0 Å². The number of hydrogen-bond donors (Lipinski definition) is 1. The molecule has 0 saturated carbocycles. The van der Waals surface area contributed by atoms with Gasteiger partial charge in [-0.25, -0.2) is 9.97 Å². The van der Waals surface area contributed by atoms with Crippen LogP contribution in [0.3, 0.4) is 0 Å². The summed E-state index contributed by atoms with van der Waals surface area (Å²) in [5, 5.41) is 8.85. The Kier molecular flexibility index (Phi) is 2.75. The molecule has 1 aromatic heterocycles. The molecule has 1 aromatic rings. The van der Waals surface area contributed by atoms with E-state index in [1.165, 1.54) is 0 Å². The third kappa shape index (κ3) is 1.97. The fraction of sp³-hybridized carbons (Fsp3) is 0.545. The van der Waals surface area contributed by atoms with E-state index in [1.807, 2.05) is 17.9 Å². The average Bonchev–Trinajstić information content (AvgIpc) is 2.58. The van der Waals surface area contributed by atoms with Gasteiger partial charge in [0.15, 0.2) is 0 Å². The minimum Gasteiger partial charge on any atom is -0.339 e. The molecule has 2 unspecified atom stereocenters. The molecular weight excluding hydrogens is 202 g/mol. The zero-order valence-electron chi connectivity index (χ0n) is 9.51. The Morgan fingerprint density at radius 1 is 1.50 bits per heavy atom. The minimum absolute atomic E-state index is 0.162. The van der Waals surface area contributed by atoms with E-state index in [9.17, 15) is 0 Å². The van der Waals surface area contributed by atoms with Crippen LogP contribution in [-0.2, 0) is 0 Å². The van der Waals surface area contributed by atoms with Gasteiger partial charge in [0.05, 0.1) is 0 Å². The van der Waals surface area contributed by atoms with Crippen LogP contribution in [0.4, 0.5) is 5.95 Å². The van der Waals surface area contributed by atoms with Crippen molar-refractivity contribution in [3.05, 3.63) is 17.5 Å². The van der Waals surface area contributed by atoms with Gasteiger partial charge in [-0.1, -0.05) is 6.92 Å². The van der Waals surface area contributed by atoms with Crippen molar-refractivity contribution in [2.75, 3.05) is 18.0 Å². The van der Waals surface area contributed by atoms with Crippen molar-refractivity contribution < 1.29 is 0 Å². The van der Waals surface area contributed by atoms with Crippen LogP contribution in [0, 0.1) is 24.2 Å². The van der Waals surface area contributed by atoms with Gasteiger partial charge >= 0.3 is 0 Å². The van der Waals surface area contributed by atoms with Gasteiger partial charge in [-0.15, -0.1) is 0 Å². The highest BCUT2D eigenvalue weighted by Crippen LogP contribution is 2.20. The molecule has 0 aliphatic carbocycles. The van der Waals surface area contributed by atoms with Crippen LogP contribution in [0.15, 0.2) is 6.07 Å². The zero-order chi connectivity index (χ0) is 11.7. The van der Waals surface area contributed by atoms with E-state index in [-0.39, 0.29) is 6.04 Å². The van der Waals surface area contributed by atoms with Gasteiger partial charge in [0, 0.05) is 24.8 Å². The first kappa shape index (κ1) is 10.8. The number of nitrogens with zero attached hydrogens (tertiary/aromatic N) is 4. The number of nitriles is 1. The zero-order valence-corrected chi connectivity index (χ0v) is 9.51. The molecule has 1 aliphatic heterocycles. The van der Waals surface area contributed by atoms with Crippen LogP contribution in [0.25, 0.3) is 0 Å². The van der Waals surface area contributed by atoms with Crippen LogP contribution in [0.5, 0.6) is 0 Å². The van der Waals surface area contributed by atoms with Crippen molar-refractivity contribution in [3.63, 3.8) is 0 Å². The monoisotopic (exact) mass is 217 g/mol. The summed E-state index contributed by atoms with van der Waals surface area (Å²) in [5.41, 5.74) is 7.18. The normalized spacial score (nSPS) is 24.5. The van der Waals surface area contributed by atoms with E-state index in [4.69, 9.17) is 11.0 Å². The minimum atomic E-state index is 0.162. The second kappa shape index (κ2) is 4.06. The highest BCUT2D eigenvalue weighted by molar-refractivity contribution is 5.37. The van der Waals surface area contributed by atoms with Gasteiger partial charge in [-0.05, 0) is 18.9 Å². The lowest BCUT2D eigenvalue weighted by Gasteiger charge is -2.15. The smallest absolute Gasteiger partial charge is 0.226 e. The fourth-order valence-corrected chi connectivity index (χ4v) is 1.91. The molecule has 84 valence electrons. The van der Waals surface area contributed by atoms with Crippen molar-refractivity contribution in [1.29, 1.82) is 5.26 Å². The number of anilines is 1. The Hall–Kier alpha value is -1.67. The first-order valence-electron chi connectivity index (χ1n) is 5.36. The lowest BCUT2D eigenvalue weighted by Crippen LogP contribution is -2.29. The summed E-state index contributed by atoms with van der Waals surface area (Å²) < 4.78 is 0. The molecule has 16 heavy (non-hydrogen) atoms. The average molecular weight is 217 g/mol. The molecule has 5 nitrogen and oxygen atoms in total. The largest absolute Gasteiger partial charge is 0.339 e. The van der Waals surface area contributed by atoms with E-state index in [0.717, 1.165) is 18.8 Å². The molecule has 0 aromatic carbocycles. The van der Waals surface area contributed by atoms with E-state index in [0.29, 0.717) is 17.6 Å². The topological polar surface area (TPSA) is 78.8 Å². The first-order chi connectivity index (χ1) is 7.60. The van der Waals surface area contributed by atoms with Crippen LogP contribution >= 0.6 is 0 Å². The van der Waals surface area contributed by atoms with Crippen LogP contribution in [-0.4, -0.2) is 29.1 Å². The summed E-state index contributed by atoms with van der Waals surface area (Å²) in [6.07, 6.45) is 0. The molecule has 2 N–H and O–H groups in total. The lowest BCUT2D eigenvalue weighted by molar-refractivity contribution is 0.565. The van der Waals surface area contributed by atoms with Crippen LogP contribution in [0.2, 0.25) is 0 Å². The molecule has 2 heterocycles. The van der Waals surface area contributed by atoms with Crippen molar-refractivity contribution in [2.45, 2.75) is 19.9 Å². The molecule has 2 rings (SSSR count). The Morgan fingerprint density at radius 3 is 2.81 bits per heavy atom. The van der Waals surface area contributed by atoms with E-state index >= 15 is 0 Å².